The topological polar surface area (TPSA) is 134 Å². The second kappa shape index (κ2) is 40.7. The second-order valence-corrected chi connectivity index (χ2v) is 16.7. The maximum absolute atomic E-state index is 12.6. The predicted octanol–water partition coefficient (Wildman–Crippen LogP) is 12.8. The number of hydrogen-bond donors (Lipinski definition) is 2. The van der Waals surface area contributed by atoms with Crippen LogP contribution >= 0.6 is 7.82 Å². The lowest BCUT2D eigenvalue weighted by Crippen LogP contribution is -2.29. The van der Waals surface area contributed by atoms with E-state index in [1.807, 2.05) is 0 Å². The normalized spacial score (nSPS) is 13.2. The first-order chi connectivity index (χ1) is 25.8. The average molecular weight is 776 g/mol. The molecule has 0 bridgehead atoms. The number of unbranched alkanes of at least 4 members (excludes halogenated alkanes) is 30. The van der Waals surface area contributed by atoms with Gasteiger partial charge in [-0.2, -0.15) is 0 Å². The number of carbonyl (C=O) groups is 2. The van der Waals surface area contributed by atoms with Crippen LogP contribution in [-0.4, -0.2) is 49.3 Å². The van der Waals surface area contributed by atoms with Gasteiger partial charge in [0.1, 0.15) is 6.61 Å². The minimum Gasteiger partial charge on any atom is -0.462 e. The Labute approximate surface area is 327 Å². The van der Waals surface area contributed by atoms with Crippen molar-refractivity contribution < 1.29 is 37.6 Å². The van der Waals surface area contributed by atoms with Crippen LogP contribution in [0.5, 0.6) is 0 Å². The zero-order valence-corrected chi connectivity index (χ0v) is 35.7. The van der Waals surface area contributed by atoms with Crippen LogP contribution in [0.3, 0.4) is 0 Å². The summed E-state index contributed by atoms with van der Waals surface area (Å²) in [5, 5.41) is 0. The molecule has 2 atom stereocenters. The zero-order valence-electron chi connectivity index (χ0n) is 34.8. The molecular formula is C43H86NO8P. The standard InChI is InChI=1S/C43H86NO8P/c1-3-5-7-9-11-13-15-17-18-19-20-21-22-23-24-26-28-30-32-34-36-43(46)52-41(40-51-53(47,48)50-38-37-44)39-49-42(45)35-33-31-29-27-25-16-14-12-10-8-6-4-2/h41H,3-40,44H2,1-2H3,(H,47,48). The molecule has 0 saturated heterocycles. The molecule has 53 heavy (non-hydrogen) atoms. The monoisotopic (exact) mass is 776 g/mol. The summed E-state index contributed by atoms with van der Waals surface area (Å²) in [6, 6.07) is 0. The summed E-state index contributed by atoms with van der Waals surface area (Å²) < 4.78 is 32.8. The molecule has 0 saturated carbocycles. The molecule has 2 unspecified atom stereocenters. The van der Waals surface area contributed by atoms with Gasteiger partial charge >= 0.3 is 19.8 Å². The lowest BCUT2D eigenvalue weighted by atomic mass is 10.0. The van der Waals surface area contributed by atoms with Crippen LogP contribution in [0.15, 0.2) is 0 Å². The van der Waals surface area contributed by atoms with Crippen LogP contribution in [0.4, 0.5) is 0 Å². The molecule has 0 spiro atoms. The zero-order chi connectivity index (χ0) is 38.9. The maximum atomic E-state index is 12.6. The third-order valence-electron chi connectivity index (χ3n) is 9.99. The van der Waals surface area contributed by atoms with E-state index >= 15 is 0 Å². The van der Waals surface area contributed by atoms with Gasteiger partial charge in [-0.25, -0.2) is 4.57 Å². The minimum absolute atomic E-state index is 0.0581. The summed E-state index contributed by atoms with van der Waals surface area (Å²) in [6.45, 7) is 3.77. The first-order valence-electron chi connectivity index (χ1n) is 22.5. The van der Waals surface area contributed by atoms with Gasteiger partial charge in [-0.1, -0.05) is 206 Å². The molecule has 9 nitrogen and oxygen atoms in total. The van der Waals surface area contributed by atoms with Crippen molar-refractivity contribution in [3.05, 3.63) is 0 Å². The van der Waals surface area contributed by atoms with E-state index in [4.69, 9.17) is 24.3 Å². The fraction of sp³-hybridized carbons (Fsp3) is 0.953. The van der Waals surface area contributed by atoms with Crippen LogP contribution in [-0.2, 0) is 32.7 Å². The van der Waals surface area contributed by atoms with Crippen LogP contribution < -0.4 is 5.73 Å². The molecule has 0 radical (unpaired) electrons. The van der Waals surface area contributed by atoms with Gasteiger partial charge in [0.15, 0.2) is 6.10 Å². The molecule has 316 valence electrons. The number of ether oxygens (including phenoxy) is 2. The molecule has 0 aromatic carbocycles. The van der Waals surface area contributed by atoms with Crippen LogP contribution in [0, 0.1) is 0 Å². The van der Waals surface area contributed by atoms with E-state index in [9.17, 15) is 19.0 Å². The summed E-state index contributed by atoms with van der Waals surface area (Å²) in [5.74, 6) is -0.813. The Balaban J connectivity index is 4.04. The Morgan fingerprint density at radius 2 is 0.811 bits per heavy atom. The molecule has 0 aliphatic heterocycles. The van der Waals surface area contributed by atoms with E-state index in [0.29, 0.717) is 6.42 Å². The van der Waals surface area contributed by atoms with Crippen molar-refractivity contribution >= 4 is 19.8 Å². The second-order valence-electron chi connectivity index (χ2n) is 15.3. The minimum atomic E-state index is -4.37. The van der Waals surface area contributed by atoms with Gasteiger partial charge in [0.25, 0.3) is 0 Å². The number of rotatable bonds is 43. The molecule has 0 heterocycles. The van der Waals surface area contributed by atoms with Crippen molar-refractivity contribution in [2.24, 2.45) is 5.73 Å². The highest BCUT2D eigenvalue weighted by molar-refractivity contribution is 7.47. The smallest absolute Gasteiger partial charge is 0.462 e. The van der Waals surface area contributed by atoms with Crippen molar-refractivity contribution in [2.75, 3.05) is 26.4 Å². The SMILES string of the molecule is CCCCCCCCCCCCCCCCCCCCCCC(=O)OC(COC(=O)CCCCCCCCCCCCCC)COP(=O)(O)OCCN. The Morgan fingerprint density at radius 3 is 1.15 bits per heavy atom. The lowest BCUT2D eigenvalue weighted by Gasteiger charge is -2.19. The molecule has 0 aliphatic rings. The van der Waals surface area contributed by atoms with Crippen molar-refractivity contribution in [1.29, 1.82) is 0 Å². The van der Waals surface area contributed by atoms with Gasteiger partial charge in [0, 0.05) is 19.4 Å². The van der Waals surface area contributed by atoms with E-state index in [1.54, 1.807) is 0 Å². The molecule has 0 aromatic heterocycles. The number of hydrogen-bond acceptors (Lipinski definition) is 8. The van der Waals surface area contributed by atoms with Gasteiger partial charge in [-0.15, -0.1) is 0 Å². The summed E-state index contributed by atoms with van der Waals surface area (Å²) >= 11 is 0. The van der Waals surface area contributed by atoms with Gasteiger partial charge in [0.05, 0.1) is 13.2 Å². The molecule has 0 aromatic rings. The summed E-state index contributed by atoms with van der Waals surface area (Å²) in [4.78, 5) is 34.8. The third-order valence-corrected chi connectivity index (χ3v) is 11.0. The van der Waals surface area contributed by atoms with Crippen molar-refractivity contribution in [2.45, 2.75) is 238 Å². The van der Waals surface area contributed by atoms with Crippen molar-refractivity contribution in [1.82, 2.24) is 0 Å². The van der Waals surface area contributed by atoms with E-state index < -0.39 is 26.5 Å². The molecule has 0 aliphatic carbocycles. The summed E-state index contributed by atoms with van der Waals surface area (Å²) in [7, 11) is -4.37. The van der Waals surface area contributed by atoms with Gasteiger partial charge in [0.2, 0.25) is 0 Å². The van der Waals surface area contributed by atoms with E-state index in [-0.39, 0.29) is 38.6 Å². The van der Waals surface area contributed by atoms with Gasteiger partial charge < -0.3 is 20.1 Å². The highest BCUT2D eigenvalue weighted by atomic mass is 31.2. The summed E-state index contributed by atoms with van der Waals surface area (Å²) in [5.41, 5.74) is 5.35. The predicted molar refractivity (Wildman–Crippen MR) is 220 cm³/mol. The van der Waals surface area contributed by atoms with E-state index in [1.165, 1.54) is 167 Å². The first-order valence-corrected chi connectivity index (χ1v) is 24.0. The molecule has 3 N–H and O–H groups in total. The highest BCUT2D eigenvalue weighted by Crippen LogP contribution is 2.43. The largest absolute Gasteiger partial charge is 0.472 e. The van der Waals surface area contributed by atoms with Crippen molar-refractivity contribution in [3.8, 4) is 0 Å². The number of nitrogens with two attached hydrogens (primary N) is 1. The lowest BCUT2D eigenvalue weighted by molar-refractivity contribution is -0.161. The van der Waals surface area contributed by atoms with Crippen LogP contribution in [0.1, 0.15) is 232 Å². The Bertz CT molecular complexity index is 845. The number of phosphoric acid groups is 1. The fourth-order valence-electron chi connectivity index (χ4n) is 6.64. The molecular weight excluding hydrogens is 689 g/mol. The maximum Gasteiger partial charge on any atom is 0.472 e. The van der Waals surface area contributed by atoms with Crippen molar-refractivity contribution in [3.63, 3.8) is 0 Å². The first kappa shape index (κ1) is 52.0. The fourth-order valence-corrected chi connectivity index (χ4v) is 7.40. The Kier molecular flexibility index (Phi) is 39.9. The number of esters is 2. The quantitative estimate of drug-likeness (QED) is 0.0352. The van der Waals surface area contributed by atoms with Crippen LogP contribution in [0.25, 0.3) is 0 Å². The van der Waals surface area contributed by atoms with E-state index in [2.05, 4.69) is 13.8 Å². The van der Waals surface area contributed by atoms with Gasteiger partial charge in [-0.3, -0.25) is 18.6 Å². The average Bonchev–Trinajstić information content (AvgIpc) is 3.14. The van der Waals surface area contributed by atoms with E-state index in [0.717, 1.165) is 32.1 Å². The molecule has 0 rings (SSSR count). The molecule has 0 amide bonds. The Hall–Kier alpha value is -0.990. The molecule has 10 heteroatoms. The third kappa shape index (κ3) is 40.5. The summed E-state index contributed by atoms with van der Waals surface area (Å²) in [6.07, 6.45) is 39.9. The number of phosphoric ester groups is 1. The van der Waals surface area contributed by atoms with Gasteiger partial charge in [-0.05, 0) is 12.8 Å². The Morgan fingerprint density at radius 1 is 0.491 bits per heavy atom. The number of carbonyl (C=O) groups excluding carboxylic acids is 2. The highest BCUT2D eigenvalue weighted by Gasteiger charge is 2.26. The molecule has 0 fully saturated rings. The van der Waals surface area contributed by atoms with Crippen LogP contribution in [0.2, 0.25) is 0 Å².